The average Bonchev–Trinajstić information content (AvgIpc) is 2.36. The summed E-state index contributed by atoms with van der Waals surface area (Å²) in [6, 6.07) is 4.94. The van der Waals surface area contributed by atoms with Gasteiger partial charge in [-0.15, -0.1) is 0 Å². The molecule has 1 rings (SSSR count). The van der Waals surface area contributed by atoms with Crippen molar-refractivity contribution in [2.75, 3.05) is 32.7 Å². The molecule has 0 fully saturated rings. The van der Waals surface area contributed by atoms with Gasteiger partial charge in [0.05, 0.1) is 13.7 Å². The second-order valence-corrected chi connectivity index (χ2v) is 4.08. The van der Waals surface area contributed by atoms with Gasteiger partial charge in [0.15, 0.2) is 11.6 Å². The smallest absolute Gasteiger partial charge is 0.167 e. The average molecular weight is 256 g/mol. The van der Waals surface area contributed by atoms with Crippen LogP contribution in [-0.2, 0) is 4.74 Å². The van der Waals surface area contributed by atoms with Gasteiger partial charge in [0.25, 0.3) is 0 Å². The molecule has 5 heteroatoms. The third-order valence-electron chi connectivity index (χ3n) is 2.65. The molecule has 0 bridgehead atoms. The van der Waals surface area contributed by atoms with E-state index >= 15 is 0 Å². The van der Waals surface area contributed by atoms with E-state index in [-0.39, 0.29) is 17.6 Å². The van der Waals surface area contributed by atoms with Crippen molar-refractivity contribution in [3.05, 3.63) is 24.0 Å². The van der Waals surface area contributed by atoms with Crippen LogP contribution in [0.4, 0.5) is 10.1 Å². The lowest BCUT2D eigenvalue weighted by Gasteiger charge is -2.19. The predicted octanol–water partition coefficient (Wildman–Crippen LogP) is 2.00. The van der Waals surface area contributed by atoms with E-state index in [1.807, 2.05) is 0 Å². The maximum Gasteiger partial charge on any atom is 0.167 e. The molecule has 1 unspecified atom stereocenters. The van der Waals surface area contributed by atoms with E-state index in [1.54, 1.807) is 19.2 Å². The number of nitrogens with two attached hydrogens (primary N) is 1. The van der Waals surface area contributed by atoms with Crippen LogP contribution < -0.4 is 15.8 Å². The number of benzene rings is 1. The second kappa shape index (κ2) is 7.89. The SMILES string of the molecule is COCC(CCCN)Nc1ccc(OC)c(F)c1. The molecule has 0 aliphatic rings. The van der Waals surface area contributed by atoms with Crippen molar-refractivity contribution < 1.29 is 13.9 Å². The van der Waals surface area contributed by atoms with E-state index in [0.717, 1.165) is 12.8 Å². The van der Waals surface area contributed by atoms with Crippen LogP contribution in [0, 0.1) is 5.82 Å². The molecular formula is C13H21FN2O2. The van der Waals surface area contributed by atoms with E-state index < -0.39 is 0 Å². The highest BCUT2D eigenvalue weighted by atomic mass is 19.1. The third kappa shape index (κ3) is 4.50. The van der Waals surface area contributed by atoms with Crippen LogP contribution >= 0.6 is 0 Å². The minimum Gasteiger partial charge on any atom is -0.494 e. The number of anilines is 1. The molecule has 0 saturated carbocycles. The molecule has 0 radical (unpaired) electrons. The zero-order valence-corrected chi connectivity index (χ0v) is 10.9. The fraction of sp³-hybridized carbons (Fsp3) is 0.538. The molecule has 1 aromatic rings. The number of halogens is 1. The summed E-state index contributed by atoms with van der Waals surface area (Å²) in [7, 11) is 3.09. The minimum absolute atomic E-state index is 0.131. The van der Waals surface area contributed by atoms with Crippen LogP contribution in [0.2, 0.25) is 0 Å². The summed E-state index contributed by atoms with van der Waals surface area (Å²) in [4.78, 5) is 0. The fourth-order valence-electron chi connectivity index (χ4n) is 1.75. The Labute approximate surface area is 107 Å². The summed E-state index contributed by atoms with van der Waals surface area (Å²) in [6.07, 6.45) is 1.79. The second-order valence-electron chi connectivity index (χ2n) is 4.08. The molecule has 3 N–H and O–H groups in total. The Hall–Kier alpha value is -1.33. The third-order valence-corrected chi connectivity index (χ3v) is 2.65. The predicted molar refractivity (Wildman–Crippen MR) is 70.5 cm³/mol. The first kappa shape index (κ1) is 14.7. The quantitative estimate of drug-likeness (QED) is 0.747. The molecule has 102 valence electrons. The Morgan fingerprint density at radius 1 is 1.39 bits per heavy atom. The molecule has 0 aliphatic heterocycles. The molecule has 0 amide bonds. The summed E-state index contributed by atoms with van der Waals surface area (Å²) < 4.78 is 23.5. The number of hydrogen-bond acceptors (Lipinski definition) is 4. The molecule has 18 heavy (non-hydrogen) atoms. The van der Waals surface area contributed by atoms with Gasteiger partial charge in [-0.25, -0.2) is 4.39 Å². The summed E-state index contributed by atoms with van der Waals surface area (Å²) in [5.74, 6) is -0.136. The molecule has 0 saturated heterocycles. The van der Waals surface area contributed by atoms with E-state index in [9.17, 15) is 4.39 Å². The van der Waals surface area contributed by atoms with Crippen molar-refractivity contribution in [1.82, 2.24) is 0 Å². The summed E-state index contributed by atoms with van der Waals surface area (Å²) in [5.41, 5.74) is 6.20. The zero-order valence-electron chi connectivity index (χ0n) is 10.9. The van der Waals surface area contributed by atoms with Crippen LogP contribution in [0.25, 0.3) is 0 Å². The topological polar surface area (TPSA) is 56.5 Å². The molecule has 4 nitrogen and oxygen atoms in total. The number of methoxy groups -OCH3 is 2. The molecule has 0 aromatic heterocycles. The van der Waals surface area contributed by atoms with E-state index in [0.29, 0.717) is 18.8 Å². The Balaban J connectivity index is 2.64. The Morgan fingerprint density at radius 3 is 2.72 bits per heavy atom. The molecule has 0 aliphatic carbocycles. The van der Waals surface area contributed by atoms with Gasteiger partial charge in [0.1, 0.15) is 0 Å². The number of ether oxygens (including phenoxy) is 2. The van der Waals surface area contributed by atoms with Gasteiger partial charge in [-0.3, -0.25) is 0 Å². The van der Waals surface area contributed by atoms with Crippen molar-refractivity contribution in [2.45, 2.75) is 18.9 Å². The van der Waals surface area contributed by atoms with Crippen molar-refractivity contribution >= 4 is 5.69 Å². The van der Waals surface area contributed by atoms with Gasteiger partial charge < -0.3 is 20.5 Å². The minimum atomic E-state index is -0.377. The largest absolute Gasteiger partial charge is 0.494 e. The first-order valence-corrected chi connectivity index (χ1v) is 6.00. The highest BCUT2D eigenvalue weighted by Crippen LogP contribution is 2.21. The number of nitrogens with one attached hydrogen (secondary N) is 1. The van der Waals surface area contributed by atoms with Crippen molar-refractivity contribution in [3.63, 3.8) is 0 Å². The van der Waals surface area contributed by atoms with Gasteiger partial charge in [0.2, 0.25) is 0 Å². The molecular weight excluding hydrogens is 235 g/mol. The van der Waals surface area contributed by atoms with Crippen LogP contribution in [0.15, 0.2) is 18.2 Å². The van der Waals surface area contributed by atoms with Crippen LogP contribution in [0.1, 0.15) is 12.8 Å². The highest BCUT2D eigenvalue weighted by Gasteiger charge is 2.09. The van der Waals surface area contributed by atoms with Gasteiger partial charge in [-0.1, -0.05) is 0 Å². The maximum absolute atomic E-state index is 13.5. The van der Waals surface area contributed by atoms with Crippen molar-refractivity contribution in [1.29, 1.82) is 0 Å². The number of rotatable bonds is 8. The Bertz CT molecular complexity index is 361. The van der Waals surface area contributed by atoms with Gasteiger partial charge in [-0.05, 0) is 31.5 Å². The molecule has 1 aromatic carbocycles. The van der Waals surface area contributed by atoms with Gasteiger partial charge in [-0.2, -0.15) is 0 Å². The van der Waals surface area contributed by atoms with Crippen molar-refractivity contribution in [3.8, 4) is 5.75 Å². The Morgan fingerprint density at radius 2 is 2.17 bits per heavy atom. The van der Waals surface area contributed by atoms with E-state index in [4.69, 9.17) is 15.2 Å². The highest BCUT2D eigenvalue weighted by molar-refractivity contribution is 5.48. The molecule has 0 heterocycles. The first-order chi connectivity index (χ1) is 8.71. The molecule has 1 atom stereocenters. The van der Waals surface area contributed by atoms with Gasteiger partial charge in [0, 0.05) is 24.9 Å². The van der Waals surface area contributed by atoms with Crippen molar-refractivity contribution in [2.24, 2.45) is 5.73 Å². The normalized spacial score (nSPS) is 12.2. The summed E-state index contributed by atoms with van der Waals surface area (Å²) in [5, 5.41) is 3.23. The lowest BCUT2D eigenvalue weighted by molar-refractivity contribution is 0.182. The summed E-state index contributed by atoms with van der Waals surface area (Å²) >= 11 is 0. The standard InChI is InChI=1S/C13H21FN2O2/c1-17-9-11(4-3-7-15)16-10-5-6-13(18-2)12(14)8-10/h5-6,8,11,16H,3-4,7,9,15H2,1-2H3. The van der Waals surface area contributed by atoms with E-state index in [1.165, 1.54) is 13.2 Å². The monoisotopic (exact) mass is 256 g/mol. The molecule has 0 spiro atoms. The van der Waals surface area contributed by atoms with E-state index in [2.05, 4.69) is 5.32 Å². The fourth-order valence-corrected chi connectivity index (χ4v) is 1.75. The van der Waals surface area contributed by atoms with Crippen LogP contribution in [0.3, 0.4) is 0 Å². The van der Waals surface area contributed by atoms with Crippen LogP contribution in [0.5, 0.6) is 5.75 Å². The lowest BCUT2D eigenvalue weighted by Crippen LogP contribution is -2.25. The Kier molecular flexibility index (Phi) is 6.46. The van der Waals surface area contributed by atoms with Crippen LogP contribution in [-0.4, -0.2) is 33.4 Å². The lowest BCUT2D eigenvalue weighted by atomic mass is 10.1. The number of hydrogen-bond donors (Lipinski definition) is 2. The maximum atomic E-state index is 13.5. The first-order valence-electron chi connectivity index (χ1n) is 6.00. The van der Waals surface area contributed by atoms with Gasteiger partial charge >= 0.3 is 0 Å². The summed E-state index contributed by atoms with van der Waals surface area (Å²) in [6.45, 7) is 1.20. The zero-order chi connectivity index (χ0) is 13.4.